The van der Waals surface area contributed by atoms with Gasteiger partial charge in [0.1, 0.15) is 13.2 Å². The van der Waals surface area contributed by atoms with Crippen LogP contribution < -0.4 is 0 Å². The fraction of sp³-hybridized carbons (Fsp3) is 0.667. The van der Waals surface area contributed by atoms with Gasteiger partial charge in [0.05, 0.1) is 0 Å². The molecule has 0 aliphatic rings. The molecule has 0 fully saturated rings. The highest BCUT2D eigenvalue weighted by molar-refractivity contribution is 5.71. The molecule has 0 rings (SSSR count). The molecule has 0 aromatic rings. The lowest BCUT2D eigenvalue weighted by Gasteiger charge is -2.18. The Balaban J connectivity index is 4.31. The Bertz CT molecular complexity index is 1720. The van der Waals surface area contributed by atoms with Crippen molar-refractivity contribution in [1.29, 1.82) is 0 Å². The average molecular weight is 1120 g/mol. The van der Waals surface area contributed by atoms with Crippen molar-refractivity contribution in [2.75, 3.05) is 13.2 Å². The van der Waals surface area contributed by atoms with E-state index in [1.807, 2.05) is 0 Å². The van der Waals surface area contributed by atoms with Crippen molar-refractivity contribution in [2.24, 2.45) is 0 Å². The number of hydrogen-bond donors (Lipinski definition) is 0. The minimum atomic E-state index is -0.799. The maximum atomic E-state index is 12.9. The van der Waals surface area contributed by atoms with Gasteiger partial charge < -0.3 is 14.2 Å². The molecule has 0 radical (unpaired) electrons. The largest absolute Gasteiger partial charge is 0.462 e. The highest BCUT2D eigenvalue weighted by Gasteiger charge is 2.19. The molecule has 6 heteroatoms. The topological polar surface area (TPSA) is 78.9 Å². The number of ether oxygens (including phenoxy) is 3. The van der Waals surface area contributed by atoms with E-state index in [9.17, 15) is 14.4 Å². The highest BCUT2D eigenvalue weighted by Crippen LogP contribution is 2.16. The van der Waals surface area contributed by atoms with Gasteiger partial charge in [0.15, 0.2) is 6.10 Å². The molecule has 0 aliphatic heterocycles. The summed E-state index contributed by atoms with van der Waals surface area (Å²) in [6.07, 6.45) is 96.1. The Kier molecular flexibility index (Phi) is 64.3. The molecule has 0 aliphatic carbocycles. The minimum Gasteiger partial charge on any atom is -0.462 e. The highest BCUT2D eigenvalue weighted by atomic mass is 16.6. The van der Waals surface area contributed by atoms with Crippen molar-refractivity contribution >= 4 is 17.9 Å². The molecule has 1 atom stereocenters. The molecular weight excluding hydrogens is 997 g/mol. The van der Waals surface area contributed by atoms with E-state index in [1.165, 1.54) is 128 Å². The van der Waals surface area contributed by atoms with Crippen molar-refractivity contribution in [3.8, 4) is 0 Å². The molecule has 0 saturated carbocycles. The molecule has 0 saturated heterocycles. The van der Waals surface area contributed by atoms with E-state index in [0.29, 0.717) is 12.8 Å². The van der Waals surface area contributed by atoms with Crippen LogP contribution in [0.2, 0.25) is 0 Å². The van der Waals surface area contributed by atoms with Gasteiger partial charge in [0.2, 0.25) is 0 Å². The van der Waals surface area contributed by atoms with Crippen LogP contribution in [0.1, 0.15) is 303 Å². The molecule has 0 spiro atoms. The van der Waals surface area contributed by atoms with E-state index in [2.05, 4.69) is 154 Å². The zero-order valence-electron chi connectivity index (χ0n) is 52.8. The minimum absolute atomic E-state index is 0.0918. The summed E-state index contributed by atoms with van der Waals surface area (Å²) >= 11 is 0. The van der Waals surface area contributed by atoms with Crippen LogP contribution in [0.15, 0.2) is 134 Å². The Morgan fingerprint density at radius 3 is 0.765 bits per heavy atom. The van der Waals surface area contributed by atoms with Gasteiger partial charge in [-0.2, -0.15) is 0 Å². The standard InChI is InChI=1S/C75H124O6/c1-4-7-10-13-16-19-22-25-27-29-31-32-33-34-35-36-37-38-39-40-41-42-44-45-47-50-53-56-59-62-65-68-74(77)80-71-72(70-79-73(76)67-64-61-58-55-52-49-24-21-18-15-12-9-6-3)81-75(78)69-66-63-60-57-54-51-48-46-43-30-28-26-23-20-17-14-11-8-5-2/h7-8,10-11,16-17,19-20,25-28,31-32,34-35,37-38,43,46,51,54,72H,4-6,9,12-15,18,21-24,29-30,33,36,39-42,44-45,47-50,52-53,55-71H2,1-3H3/b10-7-,11-8-,19-16-,20-17-,27-25-,28-26-,32-31-,35-34-,38-37-,46-43-,54-51-. The Hall–Kier alpha value is -4.45. The van der Waals surface area contributed by atoms with Crippen molar-refractivity contribution < 1.29 is 28.6 Å². The van der Waals surface area contributed by atoms with E-state index >= 15 is 0 Å². The van der Waals surface area contributed by atoms with Crippen LogP contribution in [0, 0.1) is 0 Å². The van der Waals surface area contributed by atoms with E-state index in [4.69, 9.17) is 14.2 Å². The van der Waals surface area contributed by atoms with Crippen LogP contribution in [0.3, 0.4) is 0 Å². The fourth-order valence-electron chi connectivity index (χ4n) is 9.18. The zero-order chi connectivity index (χ0) is 58.5. The van der Waals surface area contributed by atoms with E-state index in [0.717, 1.165) is 135 Å². The second kappa shape index (κ2) is 68.1. The van der Waals surface area contributed by atoms with Gasteiger partial charge in [-0.1, -0.05) is 302 Å². The second-order valence-corrected chi connectivity index (χ2v) is 22.0. The molecule has 460 valence electrons. The molecule has 0 bridgehead atoms. The van der Waals surface area contributed by atoms with Crippen molar-refractivity contribution in [1.82, 2.24) is 0 Å². The number of allylic oxidation sites excluding steroid dienone is 22. The van der Waals surface area contributed by atoms with Gasteiger partial charge in [-0.3, -0.25) is 14.4 Å². The first kappa shape index (κ1) is 76.5. The van der Waals surface area contributed by atoms with E-state index < -0.39 is 6.10 Å². The van der Waals surface area contributed by atoms with Crippen LogP contribution in [0.5, 0.6) is 0 Å². The molecule has 0 N–H and O–H groups in total. The van der Waals surface area contributed by atoms with Gasteiger partial charge in [-0.15, -0.1) is 0 Å². The van der Waals surface area contributed by atoms with Gasteiger partial charge >= 0.3 is 17.9 Å². The van der Waals surface area contributed by atoms with Crippen molar-refractivity contribution in [3.05, 3.63) is 134 Å². The first-order chi connectivity index (χ1) is 40.0. The van der Waals surface area contributed by atoms with Crippen LogP contribution in [0.25, 0.3) is 0 Å². The molecule has 0 amide bonds. The number of rotatable bonds is 60. The summed E-state index contributed by atoms with van der Waals surface area (Å²) < 4.78 is 16.9. The predicted molar refractivity (Wildman–Crippen MR) is 353 cm³/mol. The smallest absolute Gasteiger partial charge is 0.306 e. The maximum Gasteiger partial charge on any atom is 0.306 e. The van der Waals surface area contributed by atoms with Crippen LogP contribution in [-0.4, -0.2) is 37.2 Å². The summed E-state index contributed by atoms with van der Waals surface area (Å²) in [5, 5.41) is 0. The van der Waals surface area contributed by atoms with Crippen LogP contribution in [-0.2, 0) is 28.6 Å². The van der Waals surface area contributed by atoms with Crippen molar-refractivity contribution in [2.45, 2.75) is 309 Å². The Morgan fingerprint density at radius 1 is 0.259 bits per heavy atom. The summed E-state index contributed by atoms with van der Waals surface area (Å²) in [7, 11) is 0. The molecular formula is C75H124O6. The molecule has 81 heavy (non-hydrogen) atoms. The molecule has 6 nitrogen and oxygen atoms in total. The first-order valence-electron chi connectivity index (χ1n) is 33.7. The van der Waals surface area contributed by atoms with Crippen LogP contribution in [0.4, 0.5) is 0 Å². The zero-order valence-corrected chi connectivity index (χ0v) is 52.8. The lowest BCUT2D eigenvalue weighted by Crippen LogP contribution is -2.30. The molecule has 1 unspecified atom stereocenters. The third-order valence-electron chi connectivity index (χ3n) is 14.2. The van der Waals surface area contributed by atoms with Gasteiger partial charge in [-0.05, 0) is 116 Å². The summed E-state index contributed by atoms with van der Waals surface area (Å²) in [6.45, 7) is 6.40. The lowest BCUT2D eigenvalue weighted by molar-refractivity contribution is -0.167. The number of carbonyl (C=O) groups excluding carboxylic acids is 3. The van der Waals surface area contributed by atoms with E-state index in [1.54, 1.807) is 0 Å². The number of esters is 3. The predicted octanol–water partition coefficient (Wildman–Crippen LogP) is 23.3. The first-order valence-corrected chi connectivity index (χ1v) is 33.7. The maximum absolute atomic E-state index is 12.9. The van der Waals surface area contributed by atoms with E-state index in [-0.39, 0.29) is 37.5 Å². The Labute approximate surface area is 500 Å². The van der Waals surface area contributed by atoms with Crippen molar-refractivity contribution in [3.63, 3.8) is 0 Å². The summed E-state index contributed by atoms with van der Waals surface area (Å²) in [4.78, 5) is 38.3. The lowest BCUT2D eigenvalue weighted by atomic mass is 10.0. The van der Waals surface area contributed by atoms with Gasteiger partial charge in [-0.25, -0.2) is 0 Å². The monoisotopic (exact) mass is 1120 g/mol. The quantitative estimate of drug-likeness (QED) is 0.0261. The summed E-state index contributed by atoms with van der Waals surface area (Å²) in [5.41, 5.74) is 0. The van der Waals surface area contributed by atoms with Crippen LogP contribution >= 0.6 is 0 Å². The summed E-state index contributed by atoms with van der Waals surface area (Å²) in [6, 6.07) is 0. The number of hydrogen-bond acceptors (Lipinski definition) is 6. The molecule has 0 aromatic heterocycles. The molecule has 0 heterocycles. The number of carbonyl (C=O) groups is 3. The third-order valence-corrected chi connectivity index (χ3v) is 14.2. The average Bonchev–Trinajstić information content (AvgIpc) is 3.46. The summed E-state index contributed by atoms with van der Waals surface area (Å²) in [5.74, 6) is -0.920. The fourth-order valence-corrected chi connectivity index (χ4v) is 9.18. The molecule has 0 aromatic carbocycles. The normalized spacial score (nSPS) is 13.0. The van der Waals surface area contributed by atoms with Gasteiger partial charge in [0.25, 0.3) is 0 Å². The SMILES string of the molecule is CC/C=C\C/C=C\C/C=C\C/C=C\C/C=C\C/C=C\CCCCCCCCCCCCCCC(=O)OCC(COC(=O)CCCCCCCCCCCCCCC)OC(=O)CCCCC/C=C\C/C=C\C/C=C\C/C=C\C/C=C\CC. The second-order valence-electron chi connectivity index (χ2n) is 22.0. The Morgan fingerprint density at radius 2 is 0.481 bits per heavy atom. The third kappa shape index (κ3) is 66.2. The number of unbranched alkanes of at least 4 members (excludes halogenated alkanes) is 27. The van der Waals surface area contributed by atoms with Gasteiger partial charge in [0, 0.05) is 19.3 Å².